The smallest absolute Gasteiger partial charge is 0.314 e. The van der Waals surface area contributed by atoms with Crippen LogP contribution in [-0.2, 0) is 4.79 Å². The van der Waals surface area contributed by atoms with Crippen LogP contribution in [0.15, 0.2) is 0 Å². The first kappa shape index (κ1) is 19.7. The third-order valence-electron chi connectivity index (χ3n) is 3.62. The summed E-state index contributed by atoms with van der Waals surface area (Å²) >= 11 is 0. The van der Waals surface area contributed by atoms with Crippen LogP contribution in [0.3, 0.4) is 0 Å². The Hall–Kier alpha value is -1.30. The highest BCUT2D eigenvalue weighted by molar-refractivity contribution is 5.73. The van der Waals surface area contributed by atoms with Crippen molar-refractivity contribution < 1.29 is 14.7 Å². The Bertz CT molecular complexity index is 298. The molecule has 0 aliphatic heterocycles. The molecular weight excluding hydrogens is 270 g/mol. The van der Waals surface area contributed by atoms with Crippen LogP contribution in [0.2, 0.25) is 0 Å². The Kier molecular flexibility index (Phi) is 11.7. The first-order valence-electron chi connectivity index (χ1n) is 7.91. The summed E-state index contributed by atoms with van der Waals surface area (Å²) in [6, 6.07) is -0.145. The van der Waals surface area contributed by atoms with E-state index >= 15 is 0 Å². The fraction of sp³-hybridized carbons (Fsp3) is 0.867. The van der Waals surface area contributed by atoms with Gasteiger partial charge in [-0.3, -0.25) is 4.79 Å². The van der Waals surface area contributed by atoms with Gasteiger partial charge in [0.15, 0.2) is 0 Å². The van der Waals surface area contributed by atoms with E-state index in [0.717, 1.165) is 32.4 Å². The Morgan fingerprint density at radius 1 is 1.10 bits per heavy atom. The van der Waals surface area contributed by atoms with Crippen LogP contribution in [0.4, 0.5) is 4.79 Å². The average Bonchev–Trinajstić information content (AvgIpc) is 2.44. The second-order valence-electron chi connectivity index (χ2n) is 5.45. The van der Waals surface area contributed by atoms with Gasteiger partial charge >= 0.3 is 12.0 Å². The summed E-state index contributed by atoms with van der Waals surface area (Å²) in [6.07, 6.45) is 3.79. The molecule has 0 bridgehead atoms. The van der Waals surface area contributed by atoms with Gasteiger partial charge in [-0.2, -0.15) is 0 Å². The molecule has 21 heavy (non-hydrogen) atoms. The van der Waals surface area contributed by atoms with Crippen molar-refractivity contribution in [2.45, 2.75) is 46.0 Å². The van der Waals surface area contributed by atoms with Crippen molar-refractivity contribution >= 4 is 12.0 Å². The van der Waals surface area contributed by atoms with Gasteiger partial charge in [-0.05, 0) is 32.4 Å². The fourth-order valence-electron chi connectivity index (χ4n) is 2.14. The van der Waals surface area contributed by atoms with Crippen LogP contribution in [0.1, 0.15) is 46.0 Å². The first-order chi connectivity index (χ1) is 9.99. The van der Waals surface area contributed by atoms with Crippen molar-refractivity contribution in [2.24, 2.45) is 5.92 Å². The summed E-state index contributed by atoms with van der Waals surface area (Å²) in [5.41, 5.74) is 0. The molecule has 6 nitrogen and oxygen atoms in total. The number of carbonyl (C=O) groups is 2. The Morgan fingerprint density at radius 2 is 1.76 bits per heavy atom. The number of nitrogens with zero attached hydrogens (tertiary/aromatic N) is 1. The number of hydrogen-bond donors (Lipinski definition) is 3. The Morgan fingerprint density at radius 3 is 2.33 bits per heavy atom. The molecule has 3 N–H and O–H groups in total. The van der Waals surface area contributed by atoms with Crippen molar-refractivity contribution in [3.8, 4) is 0 Å². The predicted molar refractivity (Wildman–Crippen MR) is 84.5 cm³/mol. The SMILES string of the molecule is CCCC(CCNC(=O)NCCN(C)CC)CCC(=O)O. The summed E-state index contributed by atoms with van der Waals surface area (Å²) in [5.74, 6) is -0.375. The normalized spacial score (nSPS) is 12.2. The molecule has 2 amide bonds. The summed E-state index contributed by atoms with van der Waals surface area (Å²) in [4.78, 5) is 24.3. The molecule has 1 unspecified atom stereocenters. The molecule has 1 atom stereocenters. The fourth-order valence-corrected chi connectivity index (χ4v) is 2.14. The van der Waals surface area contributed by atoms with E-state index in [1.807, 2.05) is 7.05 Å². The van der Waals surface area contributed by atoms with E-state index in [-0.39, 0.29) is 12.5 Å². The monoisotopic (exact) mass is 301 g/mol. The molecule has 0 heterocycles. The number of urea groups is 1. The first-order valence-corrected chi connectivity index (χ1v) is 7.91. The van der Waals surface area contributed by atoms with Gasteiger partial charge in [-0.25, -0.2) is 4.79 Å². The quantitative estimate of drug-likeness (QED) is 0.514. The number of aliphatic carboxylic acids is 1. The summed E-state index contributed by atoms with van der Waals surface area (Å²) in [5, 5.41) is 14.4. The van der Waals surface area contributed by atoms with Crippen LogP contribution in [0, 0.1) is 5.92 Å². The van der Waals surface area contributed by atoms with E-state index in [0.29, 0.717) is 25.4 Å². The second kappa shape index (κ2) is 12.4. The van der Waals surface area contributed by atoms with Crippen LogP contribution >= 0.6 is 0 Å². The van der Waals surface area contributed by atoms with Gasteiger partial charge < -0.3 is 20.6 Å². The zero-order valence-electron chi connectivity index (χ0n) is 13.7. The largest absolute Gasteiger partial charge is 0.481 e. The molecular formula is C15H31N3O3. The predicted octanol–water partition coefficient (Wildman–Crippen LogP) is 1.91. The topological polar surface area (TPSA) is 81.7 Å². The lowest BCUT2D eigenvalue weighted by atomic mass is 9.94. The number of amides is 2. The molecule has 0 radical (unpaired) electrons. The maximum absolute atomic E-state index is 11.6. The standard InChI is InChI=1S/C15H31N3O3/c1-4-6-13(7-8-14(19)20)9-10-16-15(21)17-11-12-18(3)5-2/h13H,4-12H2,1-3H3,(H,19,20)(H2,16,17,21). The number of nitrogens with one attached hydrogen (secondary N) is 2. The zero-order valence-corrected chi connectivity index (χ0v) is 13.7. The highest BCUT2D eigenvalue weighted by Gasteiger charge is 2.10. The van der Waals surface area contributed by atoms with Crippen LogP contribution in [0.25, 0.3) is 0 Å². The van der Waals surface area contributed by atoms with Gasteiger partial charge in [0.2, 0.25) is 0 Å². The molecule has 0 aliphatic carbocycles. The number of carboxylic acids is 1. The van der Waals surface area contributed by atoms with Gasteiger partial charge in [-0.15, -0.1) is 0 Å². The minimum atomic E-state index is -0.748. The number of carbonyl (C=O) groups excluding carboxylic acids is 1. The van der Waals surface area contributed by atoms with E-state index in [1.54, 1.807) is 0 Å². The van der Waals surface area contributed by atoms with Gasteiger partial charge in [0.1, 0.15) is 0 Å². The van der Waals surface area contributed by atoms with E-state index in [2.05, 4.69) is 29.4 Å². The van der Waals surface area contributed by atoms with Crippen LogP contribution in [-0.4, -0.2) is 55.2 Å². The third kappa shape index (κ3) is 12.2. The minimum Gasteiger partial charge on any atom is -0.481 e. The zero-order chi connectivity index (χ0) is 16.1. The maximum atomic E-state index is 11.6. The molecule has 0 aliphatic rings. The molecule has 0 saturated heterocycles. The maximum Gasteiger partial charge on any atom is 0.314 e. The molecule has 6 heteroatoms. The van der Waals surface area contributed by atoms with Gasteiger partial charge in [0.25, 0.3) is 0 Å². The summed E-state index contributed by atoms with van der Waals surface area (Å²) in [6.45, 7) is 7.20. The van der Waals surface area contributed by atoms with Crippen LogP contribution < -0.4 is 10.6 Å². The van der Waals surface area contributed by atoms with E-state index in [9.17, 15) is 9.59 Å². The molecule has 124 valence electrons. The molecule has 0 aromatic heterocycles. The van der Waals surface area contributed by atoms with Crippen molar-refractivity contribution in [1.29, 1.82) is 0 Å². The highest BCUT2D eigenvalue weighted by Crippen LogP contribution is 2.16. The highest BCUT2D eigenvalue weighted by atomic mass is 16.4. The molecule has 0 rings (SSSR count). The molecule has 0 aromatic rings. The molecule has 0 aromatic carbocycles. The van der Waals surface area contributed by atoms with Gasteiger partial charge in [0.05, 0.1) is 0 Å². The lowest BCUT2D eigenvalue weighted by Crippen LogP contribution is -2.40. The number of hydrogen-bond acceptors (Lipinski definition) is 3. The van der Waals surface area contributed by atoms with Crippen molar-refractivity contribution in [3.63, 3.8) is 0 Å². The van der Waals surface area contributed by atoms with Gasteiger partial charge in [0, 0.05) is 26.1 Å². The Balaban J connectivity index is 3.76. The summed E-state index contributed by atoms with van der Waals surface area (Å²) < 4.78 is 0. The van der Waals surface area contributed by atoms with E-state index < -0.39 is 5.97 Å². The van der Waals surface area contributed by atoms with Gasteiger partial charge in [-0.1, -0.05) is 26.7 Å². The van der Waals surface area contributed by atoms with Crippen molar-refractivity contribution in [2.75, 3.05) is 33.2 Å². The number of rotatable bonds is 12. The molecule has 0 fully saturated rings. The van der Waals surface area contributed by atoms with Crippen LogP contribution in [0.5, 0.6) is 0 Å². The van der Waals surface area contributed by atoms with Crippen molar-refractivity contribution in [1.82, 2.24) is 15.5 Å². The lowest BCUT2D eigenvalue weighted by molar-refractivity contribution is -0.137. The molecule has 0 spiro atoms. The van der Waals surface area contributed by atoms with Crippen molar-refractivity contribution in [3.05, 3.63) is 0 Å². The van der Waals surface area contributed by atoms with E-state index in [1.165, 1.54) is 0 Å². The molecule has 0 saturated carbocycles. The minimum absolute atomic E-state index is 0.145. The lowest BCUT2D eigenvalue weighted by Gasteiger charge is -2.16. The number of likely N-dealkylation sites (N-methyl/N-ethyl adjacent to an activating group) is 1. The number of carboxylic acid groups (broad SMARTS) is 1. The van der Waals surface area contributed by atoms with E-state index in [4.69, 9.17) is 5.11 Å². The third-order valence-corrected chi connectivity index (χ3v) is 3.62. The average molecular weight is 301 g/mol. The second-order valence-corrected chi connectivity index (χ2v) is 5.45. The Labute approximate surface area is 128 Å². The summed E-state index contributed by atoms with van der Waals surface area (Å²) in [7, 11) is 2.01.